The summed E-state index contributed by atoms with van der Waals surface area (Å²) in [5.74, 6) is -1.95. The van der Waals surface area contributed by atoms with E-state index < -0.39 is 11.9 Å². The van der Waals surface area contributed by atoms with E-state index in [9.17, 15) is 9.59 Å². The minimum absolute atomic E-state index is 0.0699. The van der Waals surface area contributed by atoms with E-state index in [1.807, 2.05) is 24.3 Å². The molecule has 2 aromatic carbocycles. The lowest BCUT2D eigenvalue weighted by molar-refractivity contribution is -0.140. The third kappa shape index (κ3) is 2.88. The van der Waals surface area contributed by atoms with Crippen LogP contribution in [0.3, 0.4) is 0 Å². The maximum Gasteiger partial charge on any atom is 0.308 e. The number of fused-ring (bicyclic) bond motifs is 1. The number of carboxylic acid groups (broad SMARTS) is 1. The molecule has 2 rings (SSSR count). The van der Waals surface area contributed by atoms with Gasteiger partial charge in [0.1, 0.15) is 0 Å². The van der Waals surface area contributed by atoms with Crippen molar-refractivity contribution in [1.29, 1.82) is 0 Å². The molecular formula is C15H16N2O3. The van der Waals surface area contributed by atoms with Gasteiger partial charge in [-0.05, 0) is 22.9 Å². The SMILES string of the molecule is CC(CNC(=O)c1cc2ccccc2cc1N)C(=O)O. The third-order valence-electron chi connectivity index (χ3n) is 3.15. The first-order valence-electron chi connectivity index (χ1n) is 6.28. The number of carbonyl (C=O) groups is 2. The number of benzene rings is 2. The highest BCUT2D eigenvalue weighted by Gasteiger charge is 2.15. The molecule has 0 fully saturated rings. The van der Waals surface area contributed by atoms with E-state index in [0.29, 0.717) is 11.3 Å². The Hall–Kier alpha value is -2.56. The molecule has 1 atom stereocenters. The van der Waals surface area contributed by atoms with Crippen LogP contribution in [0, 0.1) is 5.92 Å². The molecule has 2 aromatic rings. The first-order chi connectivity index (χ1) is 9.49. The molecule has 0 aliphatic rings. The van der Waals surface area contributed by atoms with Crippen LogP contribution in [0.1, 0.15) is 17.3 Å². The van der Waals surface area contributed by atoms with Gasteiger partial charge in [-0.2, -0.15) is 0 Å². The first-order valence-corrected chi connectivity index (χ1v) is 6.28. The van der Waals surface area contributed by atoms with Gasteiger partial charge in [0, 0.05) is 12.2 Å². The van der Waals surface area contributed by atoms with E-state index >= 15 is 0 Å². The standard InChI is InChI=1S/C15H16N2O3/c1-9(15(19)20)8-17-14(18)12-6-10-4-2-3-5-11(10)7-13(12)16/h2-7,9H,8,16H2,1H3,(H,17,18)(H,19,20). The second-order valence-corrected chi connectivity index (χ2v) is 4.74. The van der Waals surface area contributed by atoms with Gasteiger partial charge >= 0.3 is 5.97 Å². The lowest BCUT2D eigenvalue weighted by Crippen LogP contribution is -2.31. The first kappa shape index (κ1) is 13.9. The van der Waals surface area contributed by atoms with Gasteiger partial charge in [0.25, 0.3) is 5.91 Å². The van der Waals surface area contributed by atoms with Crippen LogP contribution in [-0.2, 0) is 4.79 Å². The topological polar surface area (TPSA) is 92.4 Å². The van der Waals surface area contributed by atoms with Crippen molar-refractivity contribution in [2.24, 2.45) is 5.92 Å². The molecule has 5 nitrogen and oxygen atoms in total. The van der Waals surface area contributed by atoms with Gasteiger partial charge < -0.3 is 16.2 Å². The number of anilines is 1. The number of nitrogens with one attached hydrogen (secondary N) is 1. The van der Waals surface area contributed by atoms with Crippen molar-refractivity contribution in [2.45, 2.75) is 6.92 Å². The summed E-state index contributed by atoms with van der Waals surface area (Å²) < 4.78 is 0. The van der Waals surface area contributed by atoms with Crippen molar-refractivity contribution in [3.8, 4) is 0 Å². The molecule has 0 radical (unpaired) electrons. The van der Waals surface area contributed by atoms with Crippen LogP contribution in [0.15, 0.2) is 36.4 Å². The summed E-state index contributed by atoms with van der Waals surface area (Å²) in [4.78, 5) is 22.8. The molecule has 0 aliphatic carbocycles. The minimum atomic E-state index is -0.947. The van der Waals surface area contributed by atoms with Gasteiger partial charge in [0.15, 0.2) is 0 Å². The number of nitrogen functional groups attached to an aromatic ring is 1. The summed E-state index contributed by atoms with van der Waals surface area (Å²) in [5, 5.41) is 13.2. The Bertz CT molecular complexity index is 667. The summed E-state index contributed by atoms with van der Waals surface area (Å²) in [5.41, 5.74) is 6.62. The Morgan fingerprint density at radius 2 is 1.85 bits per heavy atom. The maximum atomic E-state index is 12.1. The van der Waals surface area contributed by atoms with Crippen LogP contribution in [0.2, 0.25) is 0 Å². The summed E-state index contributed by atoms with van der Waals surface area (Å²) in [6.07, 6.45) is 0. The van der Waals surface area contributed by atoms with Gasteiger partial charge in [-0.3, -0.25) is 9.59 Å². The highest BCUT2D eigenvalue weighted by Crippen LogP contribution is 2.21. The van der Waals surface area contributed by atoms with Crippen LogP contribution < -0.4 is 11.1 Å². The Morgan fingerprint density at radius 3 is 2.45 bits per heavy atom. The largest absolute Gasteiger partial charge is 0.481 e. The predicted molar refractivity (Wildman–Crippen MR) is 77.5 cm³/mol. The van der Waals surface area contributed by atoms with E-state index in [2.05, 4.69) is 5.32 Å². The number of hydrogen-bond donors (Lipinski definition) is 3. The van der Waals surface area contributed by atoms with Crippen LogP contribution in [0.5, 0.6) is 0 Å². The molecule has 1 amide bonds. The van der Waals surface area contributed by atoms with Gasteiger partial charge in [0.05, 0.1) is 11.5 Å². The minimum Gasteiger partial charge on any atom is -0.481 e. The van der Waals surface area contributed by atoms with Crippen molar-refractivity contribution in [3.63, 3.8) is 0 Å². The molecule has 0 saturated heterocycles. The maximum absolute atomic E-state index is 12.1. The highest BCUT2D eigenvalue weighted by atomic mass is 16.4. The second-order valence-electron chi connectivity index (χ2n) is 4.74. The lowest BCUT2D eigenvalue weighted by Gasteiger charge is -2.11. The molecule has 0 spiro atoms. The van der Waals surface area contributed by atoms with Crippen molar-refractivity contribution >= 4 is 28.3 Å². The fraction of sp³-hybridized carbons (Fsp3) is 0.200. The molecule has 0 saturated carbocycles. The van der Waals surface area contributed by atoms with Crippen molar-refractivity contribution in [1.82, 2.24) is 5.32 Å². The van der Waals surface area contributed by atoms with E-state index in [1.54, 1.807) is 12.1 Å². The Balaban J connectivity index is 2.21. The molecule has 1 unspecified atom stereocenters. The van der Waals surface area contributed by atoms with Gasteiger partial charge in [0.2, 0.25) is 0 Å². The fourth-order valence-electron chi connectivity index (χ4n) is 1.88. The van der Waals surface area contributed by atoms with E-state index in [1.165, 1.54) is 6.92 Å². The van der Waals surface area contributed by atoms with E-state index in [0.717, 1.165) is 10.8 Å². The molecule has 0 heterocycles. The predicted octanol–water partition coefficient (Wildman–Crippen LogP) is 1.87. The fourth-order valence-corrected chi connectivity index (χ4v) is 1.88. The zero-order valence-electron chi connectivity index (χ0n) is 11.1. The number of carbonyl (C=O) groups excluding carboxylic acids is 1. The molecule has 4 N–H and O–H groups in total. The molecule has 0 aromatic heterocycles. The zero-order chi connectivity index (χ0) is 14.7. The quantitative estimate of drug-likeness (QED) is 0.741. The lowest BCUT2D eigenvalue weighted by atomic mass is 10.0. The average Bonchev–Trinajstić information content (AvgIpc) is 2.43. The molecular weight excluding hydrogens is 256 g/mol. The Kier molecular flexibility index (Phi) is 3.89. The summed E-state index contributed by atoms with van der Waals surface area (Å²) in [6, 6.07) is 11.0. The monoisotopic (exact) mass is 272 g/mol. The van der Waals surface area contributed by atoms with E-state index in [-0.39, 0.29) is 12.5 Å². The Labute approximate surface area is 116 Å². The van der Waals surface area contributed by atoms with Crippen molar-refractivity contribution < 1.29 is 14.7 Å². The van der Waals surface area contributed by atoms with Crippen molar-refractivity contribution in [2.75, 3.05) is 12.3 Å². The molecule has 20 heavy (non-hydrogen) atoms. The highest BCUT2D eigenvalue weighted by molar-refractivity contribution is 6.04. The molecule has 5 heteroatoms. The Morgan fingerprint density at radius 1 is 1.25 bits per heavy atom. The number of amides is 1. The zero-order valence-corrected chi connectivity index (χ0v) is 11.1. The van der Waals surface area contributed by atoms with Crippen LogP contribution in [-0.4, -0.2) is 23.5 Å². The number of carboxylic acids is 1. The van der Waals surface area contributed by atoms with Crippen LogP contribution in [0.25, 0.3) is 10.8 Å². The van der Waals surface area contributed by atoms with Crippen molar-refractivity contribution in [3.05, 3.63) is 42.0 Å². The number of nitrogens with two attached hydrogens (primary N) is 1. The van der Waals surface area contributed by atoms with Gasteiger partial charge in [-0.25, -0.2) is 0 Å². The number of aliphatic carboxylic acids is 1. The number of rotatable bonds is 4. The van der Waals surface area contributed by atoms with Gasteiger partial charge in [-0.1, -0.05) is 31.2 Å². The third-order valence-corrected chi connectivity index (χ3v) is 3.15. The molecule has 104 valence electrons. The van der Waals surface area contributed by atoms with Crippen LogP contribution >= 0.6 is 0 Å². The smallest absolute Gasteiger partial charge is 0.308 e. The second kappa shape index (κ2) is 5.61. The van der Waals surface area contributed by atoms with E-state index in [4.69, 9.17) is 10.8 Å². The average molecular weight is 272 g/mol. The number of hydrogen-bond acceptors (Lipinski definition) is 3. The molecule has 0 aliphatic heterocycles. The van der Waals surface area contributed by atoms with Gasteiger partial charge in [-0.15, -0.1) is 0 Å². The summed E-state index contributed by atoms with van der Waals surface area (Å²) in [6.45, 7) is 1.60. The van der Waals surface area contributed by atoms with Crippen LogP contribution in [0.4, 0.5) is 5.69 Å². The summed E-state index contributed by atoms with van der Waals surface area (Å²) in [7, 11) is 0. The summed E-state index contributed by atoms with van der Waals surface area (Å²) >= 11 is 0. The normalized spacial score (nSPS) is 12.1. The molecule has 0 bridgehead atoms.